The molecule has 32 heavy (non-hydrogen) atoms. The van der Waals surface area contributed by atoms with Gasteiger partial charge in [-0.1, -0.05) is 6.58 Å². The van der Waals surface area contributed by atoms with Crippen LogP contribution in [0.1, 0.15) is 19.3 Å². The molecule has 0 bridgehead atoms. The van der Waals surface area contributed by atoms with Gasteiger partial charge in [-0.15, -0.1) is 0 Å². The second-order valence-electron chi connectivity index (χ2n) is 7.82. The molecule has 5 amide bonds. The van der Waals surface area contributed by atoms with Gasteiger partial charge in [-0.3, -0.25) is 28.9 Å². The molecule has 0 aliphatic carbocycles. The van der Waals surface area contributed by atoms with Crippen LogP contribution in [0.5, 0.6) is 0 Å². The van der Waals surface area contributed by atoms with Crippen molar-refractivity contribution >= 4 is 30.0 Å². The predicted molar refractivity (Wildman–Crippen MR) is 117 cm³/mol. The Kier molecular flexibility index (Phi) is 10.8. The lowest BCUT2D eigenvalue weighted by atomic mass is 10.2. The zero-order valence-electron chi connectivity index (χ0n) is 18.6. The van der Waals surface area contributed by atoms with Crippen molar-refractivity contribution in [3.05, 3.63) is 12.7 Å². The molecule has 2 heterocycles. The number of imide groups is 1. The van der Waals surface area contributed by atoms with Gasteiger partial charge in [0.25, 0.3) is 5.91 Å². The van der Waals surface area contributed by atoms with E-state index in [-0.39, 0.29) is 37.2 Å². The Morgan fingerprint density at radius 2 is 1.56 bits per heavy atom. The van der Waals surface area contributed by atoms with E-state index in [1.165, 1.54) is 0 Å². The van der Waals surface area contributed by atoms with Crippen molar-refractivity contribution in [1.82, 2.24) is 30.2 Å². The molecule has 2 aliphatic heterocycles. The molecule has 2 fully saturated rings. The van der Waals surface area contributed by atoms with Gasteiger partial charge in [0, 0.05) is 78.3 Å². The van der Waals surface area contributed by atoms with Gasteiger partial charge < -0.3 is 25.3 Å². The van der Waals surface area contributed by atoms with Crippen LogP contribution in [0.2, 0.25) is 0 Å². The number of nitrogens with zero attached hydrogens (tertiary/aromatic N) is 4. The largest absolute Gasteiger partial charge is 0.347 e. The van der Waals surface area contributed by atoms with Crippen LogP contribution in [0.4, 0.5) is 0 Å². The van der Waals surface area contributed by atoms with E-state index in [0.29, 0.717) is 45.4 Å². The van der Waals surface area contributed by atoms with Crippen LogP contribution in [0.3, 0.4) is 0 Å². The van der Waals surface area contributed by atoms with Crippen molar-refractivity contribution < 1.29 is 24.0 Å². The number of hydrogen-bond acceptors (Lipinski definition) is 7. The van der Waals surface area contributed by atoms with Gasteiger partial charge in [-0.05, 0) is 12.5 Å². The van der Waals surface area contributed by atoms with E-state index in [1.54, 1.807) is 9.80 Å². The lowest BCUT2D eigenvalue weighted by Gasteiger charge is -2.35. The van der Waals surface area contributed by atoms with Crippen LogP contribution in [0.15, 0.2) is 12.7 Å². The Hall–Kier alpha value is -2.79. The van der Waals surface area contributed by atoms with E-state index in [4.69, 9.17) is 0 Å². The molecule has 0 aromatic carbocycles. The molecule has 2 aliphatic rings. The van der Waals surface area contributed by atoms with Gasteiger partial charge in [-0.25, -0.2) is 0 Å². The van der Waals surface area contributed by atoms with Crippen molar-refractivity contribution in [3.8, 4) is 0 Å². The molecule has 2 saturated heterocycles. The average molecular weight is 451 g/mol. The molecule has 0 atom stereocenters. The minimum absolute atomic E-state index is 0.0946. The van der Waals surface area contributed by atoms with Crippen LogP contribution < -0.4 is 10.6 Å². The van der Waals surface area contributed by atoms with Crippen LogP contribution in [-0.2, 0) is 24.0 Å². The van der Waals surface area contributed by atoms with Gasteiger partial charge in [-0.2, -0.15) is 0 Å². The lowest BCUT2D eigenvalue weighted by molar-refractivity contribution is -0.139. The number of nitrogens with one attached hydrogen (secondary N) is 2. The smallest absolute Gasteiger partial charge is 0.252 e. The van der Waals surface area contributed by atoms with Crippen LogP contribution in [-0.4, -0.2) is 122 Å². The van der Waals surface area contributed by atoms with Gasteiger partial charge in [0.15, 0.2) is 0 Å². The number of piperazine rings is 2. The van der Waals surface area contributed by atoms with E-state index in [0.717, 1.165) is 43.7 Å². The highest BCUT2D eigenvalue weighted by Gasteiger charge is 2.24. The second kappa shape index (κ2) is 13.6. The van der Waals surface area contributed by atoms with Crippen molar-refractivity contribution in [2.75, 3.05) is 72.0 Å². The highest BCUT2D eigenvalue weighted by molar-refractivity contribution is 5.94. The summed E-state index contributed by atoms with van der Waals surface area (Å²) in [6, 6.07) is 0. The highest BCUT2D eigenvalue weighted by Crippen LogP contribution is 2.06. The Labute approximate surface area is 188 Å². The number of amides is 5. The fraction of sp³-hybridized carbons (Fsp3) is 0.667. The lowest BCUT2D eigenvalue weighted by Crippen LogP contribution is -2.53. The van der Waals surface area contributed by atoms with Crippen molar-refractivity contribution in [1.29, 1.82) is 0 Å². The first-order valence-corrected chi connectivity index (χ1v) is 11.1. The van der Waals surface area contributed by atoms with Crippen LogP contribution in [0.25, 0.3) is 0 Å². The molecule has 2 N–H and O–H groups in total. The topological polar surface area (TPSA) is 122 Å². The predicted octanol–water partition coefficient (Wildman–Crippen LogP) is -1.98. The van der Waals surface area contributed by atoms with Crippen LogP contribution >= 0.6 is 0 Å². The molecule has 0 saturated carbocycles. The fourth-order valence-electron chi connectivity index (χ4n) is 3.67. The maximum atomic E-state index is 12.4. The molecular weight excluding hydrogens is 416 g/mol. The molecule has 11 heteroatoms. The molecule has 11 nitrogen and oxygen atoms in total. The molecule has 178 valence electrons. The summed E-state index contributed by atoms with van der Waals surface area (Å²) in [5.74, 6) is -0.917. The summed E-state index contributed by atoms with van der Waals surface area (Å²) in [7, 11) is 0. The third-order valence-corrected chi connectivity index (χ3v) is 5.66. The fourth-order valence-corrected chi connectivity index (χ4v) is 3.67. The first-order chi connectivity index (χ1) is 15.4. The van der Waals surface area contributed by atoms with E-state index in [2.05, 4.69) is 22.1 Å². The third kappa shape index (κ3) is 8.39. The van der Waals surface area contributed by atoms with Crippen molar-refractivity contribution in [2.24, 2.45) is 0 Å². The molecule has 0 aromatic heterocycles. The van der Waals surface area contributed by atoms with Gasteiger partial charge in [0.2, 0.25) is 24.1 Å². The summed E-state index contributed by atoms with van der Waals surface area (Å²) in [6.45, 7) is 9.81. The van der Waals surface area contributed by atoms with E-state index in [9.17, 15) is 24.0 Å². The minimum Gasteiger partial charge on any atom is -0.347 e. The first kappa shape index (κ1) is 25.5. The average Bonchev–Trinajstić information content (AvgIpc) is 2.84. The normalized spacial score (nSPS) is 16.9. The van der Waals surface area contributed by atoms with Crippen LogP contribution in [0, 0.1) is 0 Å². The summed E-state index contributed by atoms with van der Waals surface area (Å²) >= 11 is 0. The van der Waals surface area contributed by atoms with Gasteiger partial charge in [0.05, 0.1) is 6.54 Å². The monoisotopic (exact) mass is 450 g/mol. The Morgan fingerprint density at radius 1 is 0.938 bits per heavy atom. The zero-order valence-corrected chi connectivity index (χ0v) is 18.6. The summed E-state index contributed by atoms with van der Waals surface area (Å²) in [5, 5.41) is 5.86. The molecular formula is C21H34N6O5. The maximum Gasteiger partial charge on any atom is 0.252 e. The molecule has 0 unspecified atom stereocenters. The van der Waals surface area contributed by atoms with E-state index >= 15 is 0 Å². The quantitative estimate of drug-likeness (QED) is 0.276. The number of hydrogen-bond donors (Lipinski definition) is 2. The minimum atomic E-state index is -0.517. The first-order valence-electron chi connectivity index (χ1n) is 11.1. The Bertz CT molecular complexity index is 686. The third-order valence-electron chi connectivity index (χ3n) is 5.66. The molecule has 2 rings (SSSR count). The summed E-state index contributed by atoms with van der Waals surface area (Å²) in [6.07, 6.45) is 2.32. The number of carbonyl (C=O) groups excluding carboxylic acids is 5. The summed E-state index contributed by atoms with van der Waals surface area (Å²) in [4.78, 5) is 65.6. The van der Waals surface area contributed by atoms with Gasteiger partial charge >= 0.3 is 0 Å². The van der Waals surface area contributed by atoms with Crippen molar-refractivity contribution in [3.63, 3.8) is 0 Å². The molecule has 0 spiro atoms. The standard InChI is InChI=1S/C21H34N6O5/c1-2-19(30)27(17-28)8-3-4-18(29)23-16-21(32)26-14-12-25(13-15-26)20(31)5-9-24-10-6-22-7-11-24/h2,17,22H,1,3-16H2,(H,23,29). The van der Waals surface area contributed by atoms with E-state index < -0.39 is 5.91 Å². The van der Waals surface area contributed by atoms with Crippen molar-refractivity contribution in [2.45, 2.75) is 19.3 Å². The Morgan fingerprint density at radius 3 is 2.16 bits per heavy atom. The van der Waals surface area contributed by atoms with E-state index in [1.807, 2.05) is 0 Å². The SMILES string of the molecule is C=CC(=O)N(C=O)CCCC(=O)NCC(=O)N1CCN(C(=O)CCN2CCNCC2)CC1. The summed E-state index contributed by atoms with van der Waals surface area (Å²) < 4.78 is 0. The molecule has 0 aromatic rings. The summed E-state index contributed by atoms with van der Waals surface area (Å²) in [5.41, 5.74) is 0. The number of carbonyl (C=O) groups is 5. The zero-order chi connectivity index (χ0) is 23.3. The number of rotatable bonds is 11. The molecule has 0 radical (unpaired) electrons. The highest BCUT2D eigenvalue weighted by atomic mass is 16.2. The Balaban J connectivity index is 1.60. The second-order valence-corrected chi connectivity index (χ2v) is 7.82. The van der Waals surface area contributed by atoms with Gasteiger partial charge in [0.1, 0.15) is 0 Å². The maximum absolute atomic E-state index is 12.4.